The Hall–Kier alpha value is -0.560. The van der Waals surface area contributed by atoms with Gasteiger partial charge in [-0.2, -0.15) is 0 Å². The molecule has 0 fully saturated rings. The molecule has 0 heterocycles. The molecule has 38 valence electrons. The molecule has 0 unspecified atom stereocenters. The van der Waals surface area contributed by atoms with Gasteiger partial charge in [-0.15, -0.1) is 0 Å². The molecular formula is C6H9N. The minimum absolute atomic E-state index is 0.697. The highest BCUT2D eigenvalue weighted by atomic mass is 14.5. The number of allylic oxidation sites excluding steroid dienone is 2. The second kappa shape index (κ2) is 1.51. The summed E-state index contributed by atoms with van der Waals surface area (Å²) >= 11 is 0. The SMILES string of the molecule is CC1=CC=C1CN. The van der Waals surface area contributed by atoms with Crippen LogP contribution in [0.1, 0.15) is 6.92 Å². The molecule has 1 nitrogen and oxygen atoms in total. The van der Waals surface area contributed by atoms with Gasteiger partial charge in [0.05, 0.1) is 0 Å². The van der Waals surface area contributed by atoms with Crippen molar-refractivity contribution in [1.82, 2.24) is 0 Å². The van der Waals surface area contributed by atoms with Crippen LogP contribution in [0.3, 0.4) is 0 Å². The Morgan fingerprint density at radius 2 is 2.29 bits per heavy atom. The van der Waals surface area contributed by atoms with Crippen molar-refractivity contribution in [2.45, 2.75) is 6.92 Å². The predicted octanol–water partition coefficient (Wildman–Crippen LogP) is 0.831. The van der Waals surface area contributed by atoms with Crippen LogP contribution in [-0.2, 0) is 0 Å². The summed E-state index contributed by atoms with van der Waals surface area (Å²) in [7, 11) is 0. The standard InChI is InChI=1S/C6H9N/c1-5-2-3-6(5)4-7/h2-3H,4,7H2,1H3. The Labute approximate surface area is 43.5 Å². The summed E-state index contributed by atoms with van der Waals surface area (Å²) in [6, 6.07) is 0. The van der Waals surface area contributed by atoms with Gasteiger partial charge in [0.15, 0.2) is 0 Å². The highest BCUT2D eigenvalue weighted by Crippen LogP contribution is 2.15. The maximum atomic E-state index is 5.32. The largest absolute Gasteiger partial charge is 0.326 e. The van der Waals surface area contributed by atoms with Crippen molar-refractivity contribution < 1.29 is 0 Å². The van der Waals surface area contributed by atoms with Gasteiger partial charge in [-0.25, -0.2) is 0 Å². The van der Waals surface area contributed by atoms with E-state index in [9.17, 15) is 0 Å². The van der Waals surface area contributed by atoms with E-state index in [4.69, 9.17) is 5.73 Å². The summed E-state index contributed by atoms with van der Waals surface area (Å²) in [5, 5.41) is 0. The number of hydrogen-bond acceptors (Lipinski definition) is 1. The molecule has 0 aromatic heterocycles. The van der Waals surface area contributed by atoms with E-state index in [0.717, 1.165) is 0 Å². The monoisotopic (exact) mass is 95.1 g/mol. The summed E-state index contributed by atoms with van der Waals surface area (Å²) in [5.41, 5.74) is 7.94. The minimum Gasteiger partial charge on any atom is -0.326 e. The zero-order chi connectivity index (χ0) is 5.28. The molecule has 0 spiro atoms. The zero-order valence-corrected chi connectivity index (χ0v) is 4.44. The van der Waals surface area contributed by atoms with Crippen molar-refractivity contribution in [2.24, 2.45) is 5.73 Å². The van der Waals surface area contributed by atoms with Gasteiger partial charge in [-0.05, 0) is 18.1 Å². The molecule has 0 atom stereocenters. The third-order valence-corrected chi connectivity index (χ3v) is 1.26. The molecule has 1 heteroatoms. The fourth-order valence-electron chi connectivity index (χ4n) is 0.597. The van der Waals surface area contributed by atoms with Gasteiger partial charge in [-0.1, -0.05) is 12.2 Å². The van der Waals surface area contributed by atoms with Crippen molar-refractivity contribution in [3.63, 3.8) is 0 Å². The topological polar surface area (TPSA) is 26.0 Å². The van der Waals surface area contributed by atoms with E-state index >= 15 is 0 Å². The molecule has 1 rings (SSSR count). The van der Waals surface area contributed by atoms with Gasteiger partial charge in [0.25, 0.3) is 0 Å². The second-order valence-electron chi connectivity index (χ2n) is 1.75. The molecule has 0 aromatic carbocycles. The Morgan fingerprint density at radius 3 is 2.29 bits per heavy atom. The van der Waals surface area contributed by atoms with Crippen LogP contribution in [0.5, 0.6) is 0 Å². The van der Waals surface area contributed by atoms with Crippen molar-refractivity contribution in [3.8, 4) is 0 Å². The van der Waals surface area contributed by atoms with E-state index < -0.39 is 0 Å². The van der Waals surface area contributed by atoms with Gasteiger partial charge in [0.1, 0.15) is 0 Å². The Bertz CT molecular complexity index is 131. The molecule has 0 saturated carbocycles. The first-order valence-corrected chi connectivity index (χ1v) is 2.42. The predicted molar refractivity (Wildman–Crippen MR) is 30.9 cm³/mol. The highest BCUT2D eigenvalue weighted by Gasteiger charge is 2.01. The van der Waals surface area contributed by atoms with Crippen LogP contribution in [0.4, 0.5) is 0 Å². The summed E-state index contributed by atoms with van der Waals surface area (Å²) in [5.74, 6) is 0. The van der Waals surface area contributed by atoms with Crippen molar-refractivity contribution in [2.75, 3.05) is 6.54 Å². The molecule has 1 aliphatic rings. The smallest absolute Gasteiger partial charge is 0.0180 e. The maximum absolute atomic E-state index is 5.32. The molecule has 0 saturated heterocycles. The number of hydrogen-bond donors (Lipinski definition) is 1. The second-order valence-corrected chi connectivity index (χ2v) is 1.75. The molecule has 0 aliphatic heterocycles. The zero-order valence-electron chi connectivity index (χ0n) is 4.44. The minimum atomic E-state index is 0.697. The number of rotatable bonds is 1. The molecule has 0 bridgehead atoms. The fraction of sp³-hybridized carbons (Fsp3) is 0.333. The lowest BCUT2D eigenvalue weighted by molar-refractivity contribution is 1.11. The summed E-state index contributed by atoms with van der Waals surface area (Å²) in [6.45, 7) is 2.77. The van der Waals surface area contributed by atoms with Crippen LogP contribution in [-0.4, -0.2) is 6.54 Å². The molecular weight excluding hydrogens is 86.1 g/mol. The van der Waals surface area contributed by atoms with Crippen LogP contribution in [0.2, 0.25) is 0 Å². The van der Waals surface area contributed by atoms with Crippen LogP contribution in [0.25, 0.3) is 0 Å². The average Bonchev–Trinajstić information content (AvgIpc) is 1.65. The van der Waals surface area contributed by atoms with Crippen LogP contribution in [0.15, 0.2) is 23.3 Å². The lowest BCUT2D eigenvalue weighted by atomic mass is 9.99. The summed E-state index contributed by atoms with van der Waals surface area (Å²) < 4.78 is 0. The van der Waals surface area contributed by atoms with E-state index in [-0.39, 0.29) is 0 Å². The van der Waals surface area contributed by atoms with Crippen LogP contribution >= 0.6 is 0 Å². The van der Waals surface area contributed by atoms with Crippen LogP contribution < -0.4 is 5.73 Å². The third-order valence-electron chi connectivity index (χ3n) is 1.26. The Balaban J connectivity index is 2.47. The highest BCUT2D eigenvalue weighted by molar-refractivity contribution is 5.44. The Kier molecular flexibility index (Phi) is 0.988. The molecule has 1 aliphatic carbocycles. The lowest BCUT2D eigenvalue weighted by Gasteiger charge is -2.09. The first kappa shape index (κ1) is 4.60. The quantitative estimate of drug-likeness (QED) is 0.513. The number of nitrogens with two attached hydrogens (primary N) is 1. The van der Waals surface area contributed by atoms with Crippen LogP contribution in [0, 0.1) is 0 Å². The lowest BCUT2D eigenvalue weighted by Crippen LogP contribution is -2.07. The summed E-state index contributed by atoms with van der Waals surface area (Å²) in [4.78, 5) is 0. The first-order chi connectivity index (χ1) is 3.34. The van der Waals surface area contributed by atoms with Gasteiger partial charge in [0.2, 0.25) is 0 Å². The van der Waals surface area contributed by atoms with Crippen molar-refractivity contribution in [3.05, 3.63) is 23.3 Å². The molecule has 2 N–H and O–H groups in total. The maximum Gasteiger partial charge on any atom is 0.0180 e. The van der Waals surface area contributed by atoms with Gasteiger partial charge < -0.3 is 5.73 Å². The van der Waals surface area contributed by atoms with Crippen molar-refractivity contribution in [1.29, 1.82) is 0 Å². The van der Waals surface area contributed by atoms with E-state index in [1.165, 1.54) is 11.1 Å². The average molecular weight is 95.1 g/mol. The fourth-order valence-corrected chi connectivity index (χ4v) is 0.597. The molecule has 0 amide bonds. The van der Waals surface area contributed by atoms with E-state index in [2.05, 4.69) is 19.1 Å². The first-order valence-electron chi connectivity index (χ1n) is 2.42. The van der Waals surface area contributed by atoms with Crippen molar-refractivity contribution >= 4 is 0 Å². The van der Waals surface area contributed by atoms with Gasteiger partial charge >= 0.3 is 0 Å². The Morgan fingerprint density at radius 1 is 1.57 bits per heavy atom. The molecule has 7 heavy (non-hydrogen) atoms. The van der Waals surface area contributed by atoms with E-state index in [1.807, 2.05) is 0 Å². The van der Waals surface area contributed by atoms with E-state index in [1.54, 1.807) is 0 Å². The van der Waals surface area contributed by atoms with Gasteiger partial charge in [-0.3, -0.25) is 0 Å². The van der Waals surface area contributed by atoms with Gasteiger partial charge in [0, 0.05) is 6.54 Å². The van der Waals surface area contributed by atoms with E-state index in [0.29, 0.717) is 6.54 Å². The summed E-state index contributed by atoms with van der Waals surface area (Å²) in [6.07, 6.45) is 4.12. The normalized spacial score (nSPS) is 17.4. The molecule has 0 aromatic rings. The molecule has 0 radical (unpaired) electrons. The third kappa shape index (κ3) is 0.591.